The minimum Gasteiger partial charge on any atom is -0.244 e. The Labute approximate surface area is 86.5 Å². The number of rotatable bonds is 2. The molecule has 0 N–H and O–H groups in total. The van der Waals surface area contributed by atoms with Crippen LogP contribution in [0.15, 0.2) is 6.20 Å². The van der Waals surface area contributed by atoms with Crippen molar-refractivity contribution in [2.45, 2.75) is 53.0 Å². The number of hydrogen-bond acceptors (Lipinski definition) is 2. The quantitative estimate of drug-likeness (QED) is 0.726. The Balaban J connectivity index is 3.05. The van der Waals surface area contributed by atoms with Crippen LogP contribution in [0, 0.1) is 5.92 Å². The SMILES string of the molecule is CC(C)[C@H](C)c1cnnn1C(C)(C)C. The van der Waals surface area contributed by atoms with Crippen LogP contribution in [0.4, 0.5) is 0 Å². The molecular formula is C11H21N3. The zero-order chi connectivity index (χ0) is 10.9. The third kappa shape index (κ3) is 2.14. The molecule has 80 valence electrons. The Morgan fingerprint density at radius 2 is 1.79 bits per heavy atom. The molecule has 0 unspecified atom stereocenters. The highest BCUT2D eigenvalue weighted by atomic mass is 15.4. The highest BCUT2D eigenvalue weighted by Crippen LogP contribution is 2.26. The van der Waals surface area contributed by atoms with Gasteiger partial charge in [0.05, 0.1) is 17.4 Å². The lowest BCUT2D eigenvalue weighted by Crippen LogP contribution is -2.27. The van der Waals surface area contributed by atoms with Crippen LogP contribution in [0.1, 0.15) is 53.2 Å². The summed E-state index contributed by atoms with van der Waals surface area (Å²) in [5.74, 6) is 1.12. The van der Waals surface area contributed by atoms with Crippen LogP contribution in [0.5, 0.6) is 0 Å². The molecule has 0 radical (unpaired) electrons. The van der Waals surface area contributed by atoms with Crippen molar-refractivity contribution >= 4 is 0 Å². The van der Waals surface area contributed by atoms with Crippen molar-refractivity contribution in [3.8, 4) is 0 Å². The lowest BCUT2D eigenvalue weighted by Gasteiger charge is -2.25. The monoisotopic (exact) mass is 195 g/mol. The number of aromatic nitrogens is 3. The van der Waals surface area contributed by atoms with Gasteiger partial charge >= 0.3 is 0 Å². The topological polar surface area (TPSA) is 30.7 Å². The van der Waals surface area contributed by atoms with E-state index >= 15 is 0 Å². The van der Waals surface area contributed by atoms with Gasteiger partial charge in [0.1, 0.15) is 0 Å². The Bertz CT molecular complexity index is 294. The van der Waals surface area contributed by atoms with Crippen molar-refractivity contribution in [3.63, 3.8) is 0 Å². The zero-order valence-electron chi connectivity index (χ0n) is 10.1. The maximum Gasteiger partial charge on any atom is 0.0728 e. The van der Waals surface area contributed by atoms with Gasteiger partial charge in [-0.2, -0.15) is 0 Å². The lowest BCUT2D eigenvalue weighted by molar-refractivity contribution is 0.320. The summed E-state index contributed by atoms with van der Waals surface area (Å²) in [5.41, 5.74) is 1.25. The summed E-state index contributed by atoms with van der Waals surface area (Å²) in [6.07, 6.45) is 1.88. The molecule has 0 spiro atoms. The Kier molecular flexibility index (Phi) is 2.98. The molecule has 1 rings (SSSR count). The van der Waals surface area contributed by atoms with E-state index in [4.69, 9.17) is 0 Å². The fourth-order valence-corrected chi connectivity index (χ4v) is 1.42. The van der Waals surface area contributed by atoms with Crippen LogP contribution in [0.3, 0.4) is 0 Å². The van der Waals surface area contributed by atoms with Gasteiger partial charge in [-0.3, -0.25) is 0 Å². The third-order valence-corrected chi connectivity index (χ3v) is 2.68. The molecule has 3 heteroatoms. The first kappa shape index (κ1) is 11.2. The van der Waals surface area contributed by atoms with Gasteiger partial charge in [-0.05, 0) is 26.7 Å². The molecule has 1 aromatic heterocycles. The predicted molar refractivity (Wildman–Crippen MR) is 58.3 cm³/mol. The van der Waals surface area contributed by atoms with Crippen molar-refractivity contribution in [1.29, 1.82) is 0 Å². The molecular weight excluding hydrogens is 174 g/mol. The lowest BCUT2D eigenvalue weighted by atomic mass is 9.94. The first-order valence-electron chi connectivity index (χ1n) is 5.25. The summed E-state index contributed by atoms with van der Waals surface area (Å²) in [7, 11) is 0. The second-order valence-electron chi connectivity index (χ2n) is 5.27. The summed E-state index contributed by atoms with van der Waals surface area (Å²) in [4.78, 5) is 0. The minimum atomic E-state index is 0.0228. The standard InChI is InChI=1S/C11H21N3/c1-8(2)9(3)10-7-12-13-14(10)11(4,5)6/h7-9H,1-6H3/t9-/m0/s1. The fourth-order valence-electron chi connectivity index (χ4n) is 1.42. The predicted octanol–water partition coefficient (Wildman–Crippen LogP) is 2.79. The van der Waals surface area contributed by atoms with Gasteiger partial charge in [0.2, 0.25) is 0 Å². The average molecular weight is 195 g/mol. The van der Waals surface area contributed by atoms with E-state index in [2.05, 4.69) is 51.9 Å². The van der Waals surface area contributed by atoms with Crippen LogP contribution >= 0.6 is 0 Å². The maximum absolute atomic E-state index is 4.16. The molecule has 14 heavy (non-hydrogen) atoms. The molecule has 0 amide bonds. The van der Waals surface area contributed by atoms with E-state index in [-0.39, 0.29) is 5.54 Å². The van der Waals surface area contributed by atoms with Gasteiger partial charge in [0, 0.05) is 5.92 Å². The van der Waals surface area contributed by atoms with Crippen molar-refractivity contribution < 1.29 is 0 Å². The van der Waals surface area contributed by atoms with E-state index in [1.807, 2.05) is 10.9 Å². The van der Waals surface area contributed by atoms with E-state index in [9.17, 15) is 0 Å². The van der Waals surface area contributed by atoms with E-state index in [1.165, 1.54) is 5.69 Å². The van der Waals surface area contributed by atoms with Crippen molar-refractivity contribution in [3.05, 3.63) is 11.9 Å². The fraction of sp³-hybridized carbons (Fsp3) is 0.818. The second-order valence-corrected chi connectivity index (χ2v) is 5.27. The summed E-state index contributed by atoms with van der Waals surface area (Å²) in [6, 6.07) is 0. The molecule has 1 heterocycles. The molecule has 0 aromatic carbocycles. The van der Waals surface area contributed by atoms with Crippen LogP contribution in [-0.2, 0) is 5.54 Å². The second kappa shape index (κ2) is 3.71. The van der Waals surface area contributed by atoms with E-state index in [1.54, 1.807) is 0 Å². The minimum absolute atomic E-state index is 0.0228. The molecule has 1 atom stereocenters. The van der Waals surface area contributed by atoms with Gasteiger partial charge in [0.15, 0.2) is 0 Å². The first-order valence-corrected chi connectivity index (χ1v) is 5.25. The molecule has 0 saturated carbocycles. The zero-order valence-corrected chi connectivity index (χ0v) is 10.1. The number of hydrogen-bond donors (Lipinski definition) is 0. The normalized spacial score (nSPS) is 14.8. The first-order chi connectivity index (χ1) is 6.34. The van der Waals surface area contributed by atoms with E-state index in [0.29, 0.717) is 11.8 Å². The Hall–Kier alpha value is -0.860. The van der Waals surface area contributed by atoms with Gasteiger partial charge in [0.25, 0.3) is 0 Å². The molecule has 3 nitrogen and oxygen atoms in total. The van der Waals surface area contributed by atoms with Crippen molar-refractivity contribution in [1.82, 2.24) is 15.0 Å². The summed E-state index contributed by atoms with van der Waals surface area (Å²) in [6.45, 7) is 13.1. The van der Waals surface area contributed by atoms with Crippen molar-refractivity contribution in [2.75, 3.05) is 0 Å². The van der Waals surface area contributed by atoms with Crippen LogP contribution < -0.4 is 0 Å². The van der Waals surface area contributed by atoms with E-state index < -0.39 is 0 Å². The molecule has 0 bridgehead atoms. The molecule has 0 aliphatic carbocycles. The Morgan fingerprint density at radius 1 is 1.21 bits per heavy atom. The van der Waals surface area contributed by atoms with E-state index in [0.717, 1.165) is 0 Å². The van der Waals surface area contributed by atoms with Gasteiger partial charge in [-0.1, -0.05) is 26.0 Å². The highest BCUT2D eigenvalue weighted by Gasteiger charge is 2.22. The molecule has 0 aliphatic heterocycles. The molecule has 1 aromatic rings. The van der Waals surface area contributed by atoms with Crippen LogP contribution in [-0.4, -0.2) is 15.0 Å². The average Bonchev–Trinajstić information content (AvgIpc) is 2.48. The molecule has 0 aliphatic rings. The maximum atomic E-state index is 4.16. The molecule has 0 fully saturated rings. The summed E-state index contributed by atoms with van der Waals surface area (Å²) >= 11 is 0. The van der Waals surface area contributed by atoms with Crippen molar-refractivity contribution in [2.24, 2.45) is 5.92 Å². The molecule has 0 saturated heterocycles. The summed E-state index contributed by atoms with van der Waals surface area (Å²) < 4.78 is 2.03. The number of nitrogens with zero attached hydrogens (tertiary/aromatic N) is 3. The van der Waals surface area contributed by atoms with Crippen LogP contribution in [0.25, 0.3) is 0 Å². The van der Waals surface area contributed by atoms with Crippen LogP contribution in [0.2, 0.25) is 0 Å². The smallest absolute Gasteiger partial charge is 0.0728 e. The summed E-state index contributed by atoms with van der Waals surface area (Å²) in [5, 5.41) is 8.16. The van der Waals surface area contributed by atoms with Gasteiger partial charge in [-0.25, -0.2) is 4.68 Å². The largest absolute Gasteiger partial charge is 0.244 e. The Morgan fingerprint density at radius 3 is 2.21 bits per heavy atom. The third-order valence-electron chi connectivity index (χ3n) is 2.68. The van der Waals surface area contributed by atoms with Gasteiger partial charge < -0.3 is 0 Å². The highest BCUT2D eigenvalue weighted by molar-refractivity contribution is 5.05. The van der Waals surface area contributed by atoms with Gasteiger partial charge in [-0.15, -0.1) is 5.10 Å².